The number of nitrogens with one attached hydrogen (secondary N) is 1. The van der Waals surface area contributed by atoms with Gasteiger partial charge in [-0.1, -0.05) is 33.6 Å². The summed E-state index contributed by atoms with van der Waals surface area (Å²) in [5.74, 6) is 0. The normalized spacial score (nSPS) is 18.9. The summed E-state index contributed by atoms with van der Waals surface area (Å²) in [6.45, 7) is 8.64. The Bertz CT molecular complexity index is 425. The van der Waals surface area contributed by atoms with E-state index in [0.717, 1.165) is 13.1 Å². The molecular weight excluding hydrogens is 266 g/mol. The van der Waals surface area contributed by atoms with Crippen LogP contribution in [-0.4, -0.2) is 36.1 Å². The number of hydrogen-bond acceptors (Lipinski definition) is 4. The average molecular weight is 295 g/mol. The van der Waals surface area contributed by atoms with E-state index in [1.807, 2.05) is 0 Å². The predicted molar refractivity (Wildman–Crippen MR) is 87.4 cm³/mol. The maximum absolute atomic E-state index is 4.76. The van der Waals surface area contributed by atoms with E-state index in [1.54, 1.807) is 11.3 Å². The van der Waals surface area contributed by atoms with E-state index in [0.29, 0.717) is 5.54 Å². The van der Waals surface area contributed by atoms with Crippen molar-refractivity contribution in [2.75, 3.05) is 20.6 Å². The monoisotopic (exact) mass is 295 g/mol. The zero-order valence-electron chi connectivity index (χ0n) is 13.6. The molecular formula is C16H29N3S. The van der Waals surface area contributed by atoms with Gasteiger partial charge in [-0.15, -0.1) is 11.3 Å². The molecule has 1 aliphatic carbocycles. The van der Waals surface area contributed by atoms with Crippen molar-refractivity contribution in [2.45, 2.75) is 64.0 Å². The highest BCUT2D eigenvalue weighted by Crippen LogP contribution is 2.33. The average Bonchev–Trinajstić information content (AvgIpc) is 2.97. The first-order valence-electron chi connectivity index (χ1n) is 7.67. The first kappa shape index (κ1) is 15.9. The number of thiazole rings is 1. The van der Waals surface area contributed by atoms with Gasteiger partial charge in [-0.3, -0.25) is 0 Å². The molecule has 1 aromatic heterocycles. The van der Waals surface area contributed by atoms with Gasteiger partial charge in [0, 0.05) is 29.4 Å². The number of rotatable bonds is 5. The highest BCUT2D eigenvalue weighted by molar-refractivity contribution is 7.09. The Balaban J connectivity index is 1.88. The van der Waals surface area contributed by atoms with Gasteiger partial charge in [-0.2, -0.15) is 0 Å². The van der Waals surface area contributed by atoms with Crippen molar-refractivity contribution in [2.24, 2.45) is 0 Å². The minimum atomic E-state index is 0.158. The van der Waals surface area contributed by atoms with E-state index in [-0.39, 0.29) is 5.41 Å². The molecule has 0 saturated heterocycles. The minimum Gasteiger partial charge on any atom is -0.309 e. The van der Waals surface area contributed by atoms with Gasteiger partial charge in [-0.25, -0.2) is 4.98 Å². The van der Waals surface area contributed by atoms with Crippen molar-refractivity contribution in [1.29, 1.82) is 0 Å². The van der Waals surface area contributed by atoms with Gasteiger partial charge in [0.1, 0.15) is 5.01 Å². The fraction of sp³-hybridized carbons (Fsp3) is 0.812. The summed E-state index contributed by atoms with van der Waals surface area (Å²) in [6, 6.07) is 0. The zero-order valence-corrected chi connectivity index (χ0v) is 14.4. The maximum atomic E-state index is 4.76. The molecule has 114 valence electrons. The van der Waals surface area contributed by atoms with Crippen molar-refractivity contribution < 1.29 is 0 Å². The number of hydrogen-bond donors (Lipinski definition) is 1. The smallest absolute Gasteiger partial charge is 0.107 e. The van der Waals surface area contributed by atoms with E-state index >= 15 is 0 Å². The summed E-state index contributed by atoms with van der Waals surface area (Å²) in [5.41, 5.74) is 1.73. The fourth-order valence-electron chi connectivity index (χ4n) is 2.95. The molecule has 1 saturated carbocycles. The van der Waals surface area contributed by atoms with E-state index in [9.17, 15) is 0 Å². The molecule has 0 aromatic carbocycles. The van der Waals surface area contributed by atoms with E-state index in [1.165, 1.54) is 36.4 Å². The lowest BCUT2D eigenvalue weighted by molar-refractivity contribution is 0.153. The lowest BCUT2D eigenvalue weighted by Crippen LogP contribution is -2.49. The Morgan fingerprint density at radius 3 is 2.45 bits per heavy atom. The summed E-state index contributed by atoms with van der Waals surface area (Å²) in [5, 5.41) is 7.05. The lowest BCUT2D eigenvalue weighted by atomic mass is 9.93. The third kappa shape index (κ3) is 3.60. The van der Waals surface area contributed by atoms with Gasteiger partial charge in [-0.05, 0) is 26.9 Å². The SMILES string of the molecule is CN(C)C1(CNCc2nc(C(C)(C)C)cs2)CCCC1. The van der Waals surface area contributed by atoms with Gasteiger partial charge in [0.05, 0.1) is 5.69 Å². The molecule has 0 radical (unpaired) electrons. The molecule has 1 aliphatic rings. The summed E-state index contributed by atoms with van der Waals surface area (Å²) in [4.78, 5) is 7.17. The van der Waals surface area contributed by atoms with Crippen LogP contribution < -0.4 is 5.32 Å². The maximum Gasteiger partial charge on any atom is 0.107 e. The van der Waals surface area contributed by atoms with Crippen LogP contribution in [-0.2, 0) is 12.0 Å². The van der Waals surface area contributed by atoms with Gasteiger partial charge in [0.15, 0.2) is 0 Å². The van der Waals surface area contributed by atoms with Gasteiger partial charge in [0.2, 0.25) is 0 Å². The first-order valence-corrected chi connectivity index (χ1v) is 8.54. The highest BCUT2D eigenvalue weighted by Gasteiger charge is 2.35. The molecule has 0 bridgehead atoms. The Labute approximate surface area is 127 Å². The van der Waals surface area contributed by atoms with E-state index in [2.05, 4.69) is 50.5 Å². The highest BCUT2D eigenvalue weighted by atomic mass is 32.1. The van der Waals surface area contributed by atoms with Crippen molar-refractivity contribution in [1.82, 2.24) is 15.2 Å². The molecule has 1 aromatic rings. The van der Waals surface area contributed by atoms with E-state index < -0.39 is 0 Å². The van der Waals surface area contributed by atoms with Crippen molar-refractivity contribution in [3.05, 3.63) is 16.1 Å². The Morgan fingerprint density at radius 2 is 1.95 bits per heavy atom. The molecule has 2 rings (SSSR count). The fourth-order valence-corrected chi connectivity index (χ4v) is 3.94. The molecule has 3 nitrogen and oxygen atoms in total. The largest absolute Gasteiger partial charge is 0.309 e. The molecule has 0 unspecified atom stereocenters. The number of likely N-dealkylation sites (N-methyl/N-ethyl adjacent to an activating group) is 1. The third-order valence-corrected chi connectivity index (χ3v) is 5.38. The molecule has 1 fully saturated rings. The first-order chi connectivity index (χ1) is 9.33. The Morgan fingerprint density at radius 1 is 1.30 bits per heavy atom. The molecule has 0 aliphatic heterocycles. The molecule has 20 heavy (non-hydrogen) atoms. The predicted octanol–water partition coefficient (Wildman–Crippen LogP) is 3.40. The van der Waals surface area contributed by atoms with Gasteiger partial charge in [0.25, 0.3) is 0 Å². The van der Waals surface area contributed by atoms with Crippen LogP contribution in [0.3, 0.4) is 0 Å². The second kappa shape index (κ2) is 6.12. The second-order valence-electron chi connectivity index (χ2n) is 7.31. The minimum absolute atomic E-state index is 0.158. The van der Waals surface area contributed by atoms with Crippen LogP contribution in [0.2, 0.25) is 0 Å². The molecule has 0 amide bonds. The van der Waals surface area contributed by atoms with Crippen LogP contribution in [0.1, 0.15) is 57.2 Å². The summed E-state index contributed by atoms with van der Waals surface area (Å²) >= 11 is 1.78. The molecule has 0 spiro atoms. The lowest BCUT2D eigenvalue weighted by Gasteiger charge is -2.36. The Kier molecular flexibility index (Phi) is 4.88. The summed E-state index contributed by atoms with van der Waals surface area (Å²) in [7, 11) is 4.43. The van der Waals surface area contributed by atoms with E-state index in [4.69, 9.17) is 4.98 Å². The molecule has 4 heteroatoms. The van der Waals surface area contributed by atoms with Gasteiger partial charge < -0.3 is 10.2 Å². The topological polar surface area (TPSA) is 28.2 Å². The third-order valence-electron chi connectivity index (χ3n) is 4.53. The number of nitrogens with zero attached hydrogens (tertiary/aromatic N) is 2. The van der Waals surface area contributed by atoms with Gasteiger partial charge >= 0.3 is 0 Å². The molecule has 1 heterocycles. The van der Waals surface area contributed by atoms with Crippen LogP contribution in [0, 0.1) is 0 Å². The van der Waals surface area contributed by atoms with Crippen LogP contribution in [0.15, 0.2) is 5.38 Å². The van der Waals surface area contributed by atoms with Crippen LogP contribution in [0.25, 0.3) is 0 Å². The van der Waals surface area contributed by atoms with Crippen LogP contribution in [0.5, 0.6) is 0 Å². The second-order valence-corrected chi connectivity index (χ2v) is 8.25. The van der Waals surface area contributed by atoms with Crippen molar-refractivity contribution >= 4 is 11.3 Å². The quantitative estimate of drug-likeness (QED) is 0.902. The van der Waals surface area contributed by atoms with Crippen LogP contribution >= 0.6 is 11.3 Å². The summed E-state index contributed by atoms with van der Waals surface area (Å²) in [6.07, 6.45) is 5.37. The standard InChI is InChI=1S/C16H29N3S/c1-15(2,3)13-11-20-14(18-13)10-17-12-16(19(4)5)8-6-7-9-16/h11,17H,6-10,12H2,1-5H3. The molecule has 0 atom stereocenters. The Hall–Kier alpha value is -0.450. The van der Waals surface area contributed by atoms with Crippen LogP contribution in [0.4, 0.5) is 0 Å². The number of aromatic nitrogens is 1. The van der Waals surface area contributed by atoms with Crippen molar-refractivity contribution in [3.8, 4) is 0 Å². The summed E-state index contributed by atoms with van der Waals surface area (Å²) < 4.78 is 0. The van der Waals surface area contributed by atoms with Crippen molar-refractivity contribution in [3.63, 3.8) is 0 Å². The molecule has 1 N–H and O–H groups in total. The zero-order chi connectivity index (χ0) is 14.8.